The molecule has 1 aliphatic rings. The summed E-state index contributed by atoms with van der Waals surface area (Å²) < 4.78 is 1.99. The van der Waals surface area contributed by atoms with E-state index in [2.05, 4.69) is 32.1 Å². The van der Waals surface area contributed by atoms with Crippen molar-refractivity contribution in [3.63, 3.8) is 0 Å². The van der Waals surface area contributed by atoms with Crippen LogP contribution in [0, 0.1) is 11.8 Å². The Morgan fingerprint density at radius 3 is 2.95 bits per heavy atom. The monoisotopic (exact) mass is 263 g/mol. The fourth-order valence-electron chi connectivity index (χ4n) is 3.63. The number of hydrogen-bond acceptors (Lipinski definition) is 2. The molecule has 1 saturated carbocycles. The number of aromatic nitrogens is 2. The molecular weight excluding hydrogens is 234 g/mol. The first-order chi connectivity index (χ1) is 9.00. The van der Waals surface area contributed by atoms with Gasteiger partial charge >= 0.3 is 0 Å². The molecule has 3 nitrogen and oxygen atoms in total. The summed E-state index contributed by atoms with van der Waals surface area (Å²) in [5.74, 6) is 1.61. The maximum Gasteiger partial charge on any atom is 0.0522 e. The second-order valence-corrected chi connectivity index (χ2v) is 6.84. The van der Waals surface area contributed by atoms with Crippen molar-refractivity contribution in [1.29, 1.82) is 0 Å². The zero-order valence-corrected chi connectivity index (χ0v) is 12.7. The van der Waals surface area contributed by atoms with Crippen LogP contribution in [0.1, 0.15) is 58.4 Å². The zero-order valence-electron chi connectivity index (χ0n) is 12.7. The van der Waals surface area contributed by atoms with Crippen LogP contribution in [0.3, 0.4) is 0 Å². The molecule has 0 amide bonds. The van der Waals surface area contributed by atoms with E-state index < -0.39 is 0 Å². The molecule has 0 spiro atoms. The molecule has 2 atom stereocenters. The average Bonchev–Trinajstić information content (AvgIpc) is 2.75. The Labute approximate surface area is 117 Å². The lowest BCUT2D eigenvalue weighted by atomic mass is 9.71. The highest BCUT2D eigenvalue weighted by Crippen LogP contribution is 2.36. The molecule has 1 heterocycles. The molecule has 1 aliphatic carbocycles. The van der Waals surface area contributed by atoms with Crippen molar-refractivity contribution < 1.29 is 0 Å². The Morgan fingerprint density at radius 2 is 2.32 bits per heavy atom. The maximum absolute atomic E-state index is 6.67. The van der Waals surface area contributed by atoms with E-state index in [1.165, 1.54) is 37.7 Å². The summed E-state index contributed by atoms with van der Waals surface area (Å²) in [5, 5.41) is 4.36. The minimum Gasteiger partial charge on any atom is -0.325 e. The van der Waals surface area contributed by atoms with Crippen molar-refractivity contribution in [2.45, 2.75) is 71.4 Å². The summed E-state index contributed by atoms with van der Waals surface area (Å²) in [6.07, 6.45) is 11.5. The highest BCUT2D eigenvalue weighted by atomic mass is 15.3. The third-order valence-corrected chi connectivity index (χ3v) is 4.35. The fraction of sp³-hybridized carbons (Fsp3) is 0.812. The molecule has 2 N–H and O–H groups in total. The molecule has 19 heavy (non-hydrogen) atoms. The molecule has 2 unspecified atom stereocenters. The van der Waals surface area contributed by atoms with Crippen LogP contribution >= 0.6 is 0 Å². The summed E-state index contributed by atoms with van der Waals surface area (Å²) in [6, 6.07) is 0. The molecule has 3 heteroatoms. The van der Waals surface area contributed by atoms with Gasteiger partial charge in [0.25, 0.3) is 0 Å². The topological polar surface area (TPSA) is 43.8 Å². The standard InChI is InChI=1S/C16H29N3/c1-4-19-12-15(11-18-19)10-16(17)7-5-6-14(9-16)8-13(2)3/h11-14H,4-10,17H2,1-3H3. The average molecular weight is 263 g/mol. The number of hydrogen-bond donors (Lipinski definition) is 1. The van der Waals surface area contributed by atoms with Gasteiger partial charge in [0.15, 0.2) is 0 Å². The molecule has 1 aromatic heterocycles. The van der Waals surface area contributed by atoms with E-state index in [1.54, 1.807) is 0 Å². The largest absolute Gasteiger partial charge is 0.325 e. The van der Waals surface area contributed by atoms with Crippen molar-refractivity contribution in [3.05, 3.63) is 18.0 Å². The second kappa shape index (κ2) is 6.08. The summed E-state index contributed by atoms with van der Waals surface area (Å²) in [4.78, 5) is 0. The lowest BCUT2D eigenvalue weighted by Crippen LogP contribution is -2.46. The van der Waals surface area contributed by atoms with Gasteiger partial charge < -0.3 is 5.73 Å². The smallest absolute Gasteiger partial charge is 0.0522 e. The number of rotatable bonds is 5. The van der Waals surface area contributed by atoms with Crippen LogP contribution in [0.25, 0.3) is 0 Å². The minimum absolute atomic E-state index is 0.000584. The Bertz CT molecular complexity index is 396. The van der Waals surface area contributed by atoms with E-state index in [0.29, 0.717) is 0 Å². The normalized spacial score (nSPS) is 27.9. The van der Waals surface area contributed by atoms with E-state index in [-0.39, 0.29) is 5.54 Å². The predicted octanol–water partition coefficient (Wildman–Crippen LogP) is 3.38. The highest BCUT2D eigenvalue weighted by molar-refractivity contribution is 5.10. The summed E-state index contributed by atoms with van der Waals surface area (Å²) in [7, 11) is 0. The lowest BCUT2D eigenvalue weighted by Gasteiger charge is -2.38. The molecule has 0 radical (unpaired) electrons. The van der Waals surface area contributed by atoms with Gasteiger partial charge in [0.05, 0.1) is 6.20 Å². The van der Waals surface area contributed by atoms with Crippen LogP contribution < -0.4 is 5.73 Å². The number of nitrogens with two attached hydrogens (primary N) is 1. The van der Waals surface area contributed by atoms with E-state index in [9.17, 15) is 0 Å². The maximum atomic E-state index is 6.67. The second-order valence-electron chi connectivity index (χ2n) is 6.84. The van der Waals surface area contributed by atoms with Gasteiger partial charge in [-0.2, -0.15) is 5.10 Å². The van der Waals surface area contributed by atoms with Gasteiger partial charge in [-0.1, -0.05) is 26.7 Å². The first-order valence-corrected chi connectivity index (χ1v) is 7.81. The Morgan fingerprint density at radius 1 is 1.53 bits per heavy atom. The van der Waals surface area contributed by atoms with E-state index in [1.807, 2.05) is 10.9 Å². The Balaban J connectivity index is 1.97. The molecule has 1 fully saturated rings. The highest BCUT2D eigenvalue weighted by Gasteiger charge is 2.33. The third-order valence-electron chi connectivity index (χ3n) is 4.35. The summed E-state index contributed by atoms with van der Waals surface area (Å²) >= 11 is 0. The molecule has 0 aliphatic heterocycles. The first kappa shape index (κ1) is 14.6. The summed E-state index contributed by atoms with van der Waals surface area (Å²) in [6.45, 7) is 7.69. The van der Waals surface area contributed by atoms with Crippen molar-refractivity contribution in [1.82, 2.24) is 9.78 Å². The van der Waals surface area contributed by atoms with E-state index in [4.69, 9.17) is 5.73 Å². The summed E-state index contributed by atoms with van der Waals surface area (Å²) in [5.41, 5.74) is 7.97. The van der Waals surface area contributed by atoms with Gasteiger partial charge in [0.2, 0.25) is 0 Å². The van der Waals surface area contributed by atoms with Gasteiger partial charge in [-0.25, -0.2) is 0 Å². The fourth-order valence-corrected chi connectivity index (χ4v) is 3.63. The molecule has 1 aromatic rings. The number of aryl methyl sites for hydroxylation is 1. The van der Waals surface area contributed by atoms with Crippen molar-refractivity contribution in [3.8, 4) is 0 Å². The molecular formula is C16H29N3. The SMILES string of the molecule is CCn1cc(CC2(N)CCCC(CC(C)C)C2)cn1. The van der Waals surface area contributed by atoms with Gasteiger partial charge in [-0.05, 0) is 50.0 Å². The van der Waals surface area contributed by atoms with Crippen molar-refractivity contribution >= 4 is 0 Å². The van der Waals surface area contributed by atoms with E-state index >= 15 is 0 Å². The molecule has 108 valence electrons. The third kappa shape index (κ3) is 4.07. The predicted molar refractivity (Wildman–Crippen MR) is 79.9 cm³/mol. The van der Waals surface area contributed by atoms with Crippen LogP contribution in [0.15, 0.2) is 12.4 Å². The van der Waals surface area contributed by atoms with Gasteiger partial charge in [0, 0.05) is 18.3 Å². The lowest BCUT2D eigenvalue weighted by molar-refractivity contribution is 0.200. The Hall–Kier alpha value is -0.830. The first-order valence-electron chi connectivity index (χ1n) is 7.81. The number of nitrogens with zero attached hydrogens (tertiary/aromatic N) is 2. The van der Waals surface area contributed by atoms with Crippen molar-refractivity contribution in [2.75, 3.05) is 0 Å². The van der Waals surface area contributed by atoms with Crippen LogP contribution in [-0.2, 0) is 13.0 Å². The quantitative estimate of drug-likeness (QED) is 0.885. The molecule has 0 saturated heterocycles. The van der Waals surface area contributed by atoms with Crippen LogP contribution in [0.4, 0.5) is 0 Å². The van der Waals surface area contributed by atoms with Crippen LogP contribution in [-0.4, -0.2) is 15.3 Å². The van der Waals surface area contributed by atoms with Crippen LogP contribution in [0.5, 0.6) is 0 Å². The van der Waals surface area contributed by atoms with Crippen molar-refractivity contribution in [2.24, 2.45) is 17.6 Å². The Kier molecular flexibility index (Phi) is 4.67. The van der Waals surface area contributed by atoms with E-state index in [0.717, 1.165) is 24.8 Å². The van der Waals surface area contributed by atoms with Crippen LogP contribution in [0.2, 0.25) is 0 Å². The minimum atomic E-state index is -0.000584. The van der Waals surface area contributed by atoms with Gasteiger partial charge in [-0.15, -0.1) is 0 Å². The molecule has 0 aromatic carbocycles. The van der Waals surface area contributed by atoms with Gasteiger partial charge in [0.1, 0.15) is 0 Å². The zero-order chi connectivity index (χ0) is 13.9. The van der Waals surface area contributed by atoms with Gasteiger partial charge in [-0.3, -0.25) is 4.68 Å². The molecule has 0 bridgehead atoms. The molecule has 2 rings (SSSR count).